The van der Waals surface area contributed by atoms with Crippen LogP contribution >= 0.6 is 11.3 Å². The summed E-state index contributed by atoms with van der Waals surface area (Å²) >= 11 is 1.90. The fourth-order valence-corrected chi connectivity index (χ4v) is 5.14. The van der Waals surface area contributed by atoms with Crippen molar-refractivity contribution in [1.29, 1.82) is 0 Å². The number of hydrogen-bond donors (Lipinski definition) is 0. The summed E-state index contributed by atoms with van der Waals surface area (Å²) in [5.41, 5.74) is 5.93. The van der Waals surface area contributed by atoms with Crippen molar-refractivity contribution in [2.75, 3.05) is 13.1 Å². The van der Waals surface area contributed by atoms with Gasteiger partial charge in [0.25, 0.3) is 0 Å². The average Bonchev–Trinajstić information content (AvgIpc) is 3.21. The lowest BCUT2D eigenvalue weighted by molar-refractivity contribution is 0.221. The Hall–Kier alpha value is -1.58. The number of piperidine rings is 1. The smallest absolute Gasteiger partial charge is 0.0483 e. The minimum absolute atomic E-state index is 1.06. The van der Waals surface area contributed by atoms with Crippen molar-refractivity contribution >= 4 is 22.2 Å². The number of aryl methyl sites for hydroxylation is 2. The predicted molar refractivity (Wildman–Crippen MR) is 109 cm³/mol. The Kier molecular flexibility index (Phi) is 4.96. The van der Waals surface area contributed by atoms with Gasteiger partial charge in [-0.1, -0.05) is 31.5 Å². The molecule has 25 heavy (non-hydrogen) atoms. The van der Waals surface area contributed by atoms with Gasteiger partial charge in [0.15, 0.2) is 0 Å². The highest BCUT2D eigenvalue weighted by Gasteiger charge is 2.20. The number of hydrogen-bond acceptors (Lipinski definition) is 2. The third-order valence-corrected chi connectivity index (χ3v) is 6.80. The molecule has 2 aromatic heterocycles. The molecule has 0 amide bonds. The van der Waals surface area contributed by atoms with E-state index in [-0.39, 0.29) is 0 Å². The number of nitrogens with zero attached hydrogens (tertiary/aromatic N) is 2. The van der Waals surface area contributed by atoms with E-state index in [1.165, 1.54) is 59.4 Å². The molecular formula is C22H28N2S. The van der Waals surface area contributed by atoms with Crippen LogP contribution in [0.1, 0.15) is 47.9 Å². The second-order valence-corrected chi connectivity index (χ2v) is 8.24. The van der Waals surface area contributed by atoms with Crippen LogP contribution in [0.2, 0.25) is 0 Å². The van der Waals surface area contributed by atoms with Gasteiger partial charge in [0.2, 0.25) is 0 Å². The molecule has 3 heteroatoms. The van der Waals surface area contributed by atoms with E-state index in [4.69, 9.17) is 0 Å². The minimum Gasteiger partial charge on any atom is -0.347 e. The Bertz CT molecular complexity index is 852. The standard InChI is InChI=1S/C22H28N2S/c1-3-22-17(11-14-25-22)15-21-19(16-24-12-7-4-8-13-24)18-9-5-6-10-20(18)23(21)2/h5-6,9-11,14H,3-4,7-8,12-13,15-16H2,1-2H3. The normalized spacial score (nSPS) is 15.9. The van der Waals surface area contributed by atoms with Gasteiger partial charge in [-0.2, -0.15) is 0 Å². The fourth-order valence-electron chi connectivity index (χ4n) is 4.28. The topological polar surface area (TPSA) is 8.17 Å². The van der Waals surface area contributed by atoms with Crippen LogP contribution in [0.25, 0.3) is 10.9 Å². The third-order valence-electron chi connectivity index (χ3n) is 5.69. The van der Waals surface area contributed by atoms with Crippen LogP contribution in [0, 0.1) is 0 Å². The first-order valence-electron chi connectivity index (χ1n) is 9.60. The molecule has 1 fully saturated rings. The van der Waals surface area contributed by atoms with E-state index in [0.717, 1.165) is 19.4 Å². The monoisotopic (exact) mass is 352 g/mol. The van der Waals surface area contributed by atoms with Crippen molar-refractivity contribution in [3.05, 3.63) is 57.4 Å². The summed E-state index contributed by atoms with van der Waals surface area (Å²) in [5, 5.41) is 3.69. The lowest BCUT2D eigenvalue weighted by Crippen LogP contribution is -2.29. The first-order chi connectivity index (χ1) is 12.3. The first kappa shape index (κ1) is 16.9. The highest BCUT2D eigenvalue weighted by atomic mass is 32.1. The zero-order valence-corrected chi connectivity index (χ0v) is 16.2. The number of fused-ring (bicyclic) bond motifs is 1. The number of benzene rings is 1. The van der Waals surface area contributed by atoms with Crippen molar-refractivity contribution in [2.24, 2.45) is 7.05 Å². The fraction of sp³-hybridized carbons (Fsp3) is 0.455. The molecule has 2 nitrogen and oxygen atoms in total. The van der Waals surface area contributed by atoms with Crippen molar-refractivity contribution in [3.8, 4) is 0 Å². The van der Waals surface area contributed by atoms with E-state index in [2.05, 4.69) is 59.2 Å². The summed E-state index contributed by atoms with van der Waals surface area (Å²) in [6.07, 6.45) is 6.29. The maximum Gasteiger partial charge on any atom is 0.0483 e. The van der Waals surface area contributed by atoms with Crippen LogP contribution in [0.5, 0.6) is 0 Å². The molecule has 132 valence electrons. The zero-order chi connectivity index (χ0) is 17.2. The number of para-hydroxylation sites is 1. The molecule has 0 saturated carbocycles. The van der Waals surface area contributed by atoms with Gasteiger partial charge in [-0.05, 0) is 61.0 Å². The molecule has 0 unspecified atom stereocenters. The van der Waals surface area contributed by atoms with Gasteiger partial charge in [0.1, 0.15) is 0 Å². The quantitative estimate of drug-likeness (QED) is 0.598. The van der Waals surface area contributed by atoms with Gasteiger partial charge < -0.3 is 4.57 Å². The summed E-state index contributed by atoms with van der Waals surface area (Å²) in [6.45, 7) is 5.87. The van der Waals surface area contributed by atoms with Gasteiger partial charge in [0.05, 0.1) is 0 Å². The summed E-state index contributed by atoms with van der Waals surface area (Å²) in [6, 6.07) is 11.3. The molecule has 0 atom stereocenters. The van der Waals surface area contributed by atoms with Gasteiger partial charge >= 0.3 is 0 Å². The van der Waals surface area contributed by atoms with Crippen LogP contribution in [0.3, 0.4) is 0 Å². The van der Waals surface area contributed by atoms with Crippen LogP contribution in [-0.2, 0) is 26.4 Å². The molecule has 4 rings (SSSR count). The van der Waals surface area contributed by atoms with E-state index >= 15 is 0 Å². The van der Waals surface area contributed by atoms with Gasteiger partial charge in [0, 0.05) is 41.5 Å². The molecule has 0 N–H and O–H groups in total. The number of aromatic nitrogens is 1. The Balaban J connectivity index is 1.75. The molecule has 0 radical (unpaired) electrons. The molecule has 1 aliphatic heterocycles. The Morgan fingerprint density at radius 3 is 2.64 bits per heavy atom. The zero-order valence-electron chi connectivity index (χ0n) is 15.4. The molecule has 3 heterocycles. The van der Waals surface area contributed by atoms with Crippen molar-refractivity contribution in [2.45, 2.75) is 45.6 Å². The Morgan fingerprint density at radius 2 is 1.84 bits per heavy atom. The van der Waals surface area contributed by atoms with E-state index in [1.807, 2.05) is 11.3 Å². The van der Waals surface area contributed by atoms with Crippen molar-refractivity contribution < 1.29 is 0 Å². The van der Waals surface area contributed by atoms with E-state index < -0.39 is 0 Å². The number of likely N-dealkylation sites (tertiary alicyclic amines) is 1. The lowest BCUT2D eigenvalue weighted by atomic mass is 10.0. The van der Waals surface area contributed by atoms with Crippen molar-refractivity contribution in [1.82, 2.24) is 9.47 Å². The molecule has 0 spiro atoms. The van der Waals surface area contributed by atoms with E-state index in [1.54, 1.807) is 5.56 Å². The first-order valence-corrected chi connectivity index (χ1v) is 10.5. The molecular weight excluding hydrogens is 324 g/mol. The SMILES string of the molecule is CCc1sccc1Cc1c(CN2CCCCC2)c2ccccc2n1C. The summed E-state index contributed by atoms with van der Waals surface area (Å²) in [4.78, 5) is 4.19. The van der Waals surface area contributed by atoms with E-state index in [9.17, 15) is 0 Å². The van der Waals surface area contributed by atoms with Crippen LogP contribution in [-0.4, -0.2) is 22.6 Å². The summed E-state index contributed by atoms with van der Waals surface area (Å²) in [7, 11) is 2.25. The highest BCUT2D eigenvalue weighted by Crippen LogP contribution is 2.31. The molecule has 0 aliphatic carbocycles. The Morgan fingerprint density at radius 1 is 1.04 bits per heavy atom. The molecule has 1 aromatic carbocycles. The summed E-state index contributed by atoms with van der Waals surface area (Å²) in [5.74, 6) is 0. The molecule has 1 saturated heterocycles. The summed E-state index contributed by atoms with van der Waals surface area (Å²) < 4.78 is 2.44. The molecule has 1 aliphatic rings. The third kappa shape index (κ3) is 3.28. The number of rotatable bonds is 5. The molecule has 0 bridgehead atoms. The van der Waals surface area contributed by atoms with Gasteiger partial charge in [-0.3, -0.25) is 4.90 Å². The maximum atomic E-state index is 2.66. The predicted octanol–water partition coefficient (Wildman–Crippen LogP) is 5.38. The molecule has 3 aromatic rings. The van der Waals surface area contributed by atoms with Gasteiger partial charge in [-0.15, -0.1) is 11.3 Å². The van der Waals surface area contributed by atoms with Gasteiger partial charge in [-0.25, -0.2) is 0 Å². The highest BCUT2D eigenvalue weighted by molar-refractivity contribution is 7.10. The lowest BCUT2D eigenvalue weighted by Gasteiger charge is -2.27. The van der Waals surface area contributed by atoms with Crippen molar-refractivity contribution in [3.63, 3.8) is 0 Å². The van der Waals surface area contributed by atoms with E-state index in [0.29, 0.717) is 0 Å². The van der Waals surface area contributed by atoms with Crippen LogP contribution < -0.4 is 0 Å². The van der Waals surface area contributed by atoms with Crippen LogP contribution in [0.15, 0.2) is 35.7 Å². The average molecular weight is 353 g/mol. The second kappa shape index (κ2) is 7.35. The minimum atomic E-state index is 1.06. The number of thiophene rings is 1. The largest absolute Gasteiger partial charge is 0.347 e. The Labute approximate surface area is 155 Å². The maximum absolute atomic E-state index is 2.66. The van der Waals surface area contributed by atoms with Crippen LogP contribution in [0.4, 0.5) is 0 Å². The second-order valence-electron chi connectivity index (χ2n) is 7.24.